The average molecular weight is 278 g/mol. The first-order valence-corrected chi connectivity index (χ1v) is 6.73. The second-order valence-corrected chi connectivity index (χ2v) is 4.69. The van der Waals surface area contributed by atoms with Gasteiger partial charge in [-0.3, -0.25) is 4.79 Å². The van der Waals surface area contributed by atoms with Crippen molar-refractivity contribution in [2.45, 2.75) is 19.8 Å². The molecule has 1 saturated heterocycles. The molecule has 1 aliphatic rings. The standard InChI is InChI=1S/C14H18N2O4/c1-2-20-14(19)11-4-3-7-15-12(11)16-8-5-10(6-9-16)13(17)18/h3-4,7,10H,2,5-6,8-9H2,1H3,(H,17,18). The van der Waals surface area contributed by atoms with Gasteiger partial charge in [-0.25, -0.2) is 9.78 Å². The molecule has 6 heteroatoms. The lowest BCUT2D eigenvalue weighted by molar-refractivity contribution is -0.142. The van der Waals surface area contributed by atoms with Crippen LogP contribution in [-0.4, -0.2) is 41.7 Å². The zero-order valence-corrected chi connectivity index (χ0v) is 11.4. The van der Waals surface area contributed by atoms with Gasteiger partial charge < -0.3 is 14.7 Å². The van der Waals surface area contributed by atoms with Crippen molar-refractivity contribution in [3.05, 3.63) is 23.9 Å². The lowest BCUT2D eigenvalue weighted by Crippen LogP contribution is -2.37. The van der Waals surface area contributed by atoms with Crippen LogP contribution in [0.4, 0.5) is 5.82 Å². The first-order valence-electron chi connectivity index (χ1n) is 6.73. The van der Waals surface area contributed by atoms with Gasteiger partial charge in [0.2, 0.25) is 0 Å². The molecule has 1 fully saturated rings. The summed E-state index contributed by atoms with van der Waals surface area (Å²) in [4.78, 5) is 29.1. The second-order valence-electron chi connectivity index (χ2n) is 4.69. The Morgan fingerprint density at radius 3 is 2.75 bits per heavy atom. The summed E-state index contributed by atoms with van der Waals surface area (Å²) in [5.74, 6) is -0.872. The predicted molar refractivity (Wildman–Crippen MR) is 72.8 cm³/mol. The van der Waals surface area contributed by atoms with Crippen LogP contribution < -0.4 is 4.90 Å². The van der Waals surface area contributed by atoms with Crippen LogP contribution in [0.3, 0.4) is 0 Å². The summed E-state index contributed by atoms with van der Waals surface area (Å²) >= 11 is 0. The first kappa shape index (κ1) is 14.3. The minimum Gasteiger partial charge on any atom is -0.481 e. The van der Waals surface area contributed by atoms with Crippen LogP contribution in [0.1, 0.15) is 30.1 Å². The molecule has 1 N–H and O–H groups in total. The van der Waals surface area contributed by atoms with Crippen LogP contribution in [0.15, 0.2) is 18.3 Å². The summed E-state index contributed by atoms with van der Waals surface area (Å²) in [6, 6.07) is 3.38. The fourth-order valence-corrected chi connectivity index (χ4v) is 2.36. The highest BCUT2D eigenvalue weighted by molar-refractivity contribution is 5.94. The van der Waals surface area contributed by atoms with Gasteiger partial charge in [-0.05, 0) is 31.9 Å². The van der Waals surface area contributed by atoms with Crippen molar-refractivity contribution in [2.24, 2.45) is 5.92 Å². The van der Waals surface area contributed by atoms with Crippen LogP contribution >= 0.6 is 0 Å². The number of ether oxygens (including phenoxy) is 1. The fourth-order valence-electron chi connectivity index (χ4n) is 2.36. The molecule has 108 valence electrons. The second kappa shape index (κ2) is 6.36. The van der Waals surface area contributed by atoms with E-state index in [-0.39, 0.29) is 5.92 Å². The van der Waals surface area contributed by atoms with Crippen molar-refractivity contribution >= 4 is 17.8 Å². The molecule has 0 amide bonds. The smallest absolute Gasteiger partial charge is 0.341 e. The molecule has 0 unspecified atom stereocenters. The SMILES string of the molecule is CCOC(=O)c1cccnc1N1CCC(C(=O)O)CC1. The highest BCUT2D eigenvalue weighted by Crippen LogP contribution is 2.25. The summed E-state index contributed by atoms with van der Waals surface area (Å²) in [6.07, 6.45) is 2.75. The Hall–Kier alpha value is -2.11. The molecular weight excluding hydrogens is 260 g/mol. The lowest BCUT2D eigenvalue weighted by atomic mass is 9.97. The summed E-state index contributed by atoms with van der Waals surface area (Å²) < 4.78 is 5.02. The van der Waals surface area contributed by atoms with E-state index in [1.54, 1.807) is 25.3 Å². The zero-order valence-electron chi connectivity index (χ0n) is 11.4. The fraction of sp³-hybridized carbons (Fsp3) is 0.500. The van der Waals surface area contributed by atoms with Crippen LogP contribution in [0.2, 0.25) is 0 Å². The molecular formula is C14H18N2O4. The van der Waals surface area contributed by atoms with Gasteiger partial charge in [0.05, 0.1) is 12.5 Å². The minimum absolute atomic E-state index is 0.305. The molecule has 0 atom stereocenters. The molecule has 1 aromatic rings. The van der Waals surface area contributed by atoms with Gasteiger partial charge in [-0.1, -0.05) is 0 Å². The highest BCUT2D eigenvalue weighted by Gasteiger charge is 2.27. The van der Waals surface area contributed by atoms with E-state index in [4.69, 9.17) is 9.84 Å². The van der Waals surface area contributed by atoms with Gasteiger partial charge in [0, 0.05) is 19.3 Å². The van der Waals surface area contributed by atoms with E-state index in [9.17, 15) is 9.59 Å². The summed E-state index contributed by atoms with van der Waals surface area (Å²) in [5.41, 5.74) is 0.433. The monoisotopic (exact) mass is 278 g/mol. The summed E-state index contributed by atoms with van der Waals surface area (Å²) in [5, 5.41) is 9.00. The number of nitrogens with zero attached hydrogens (tertiary/aromatic N) is 2. The normalized spacial score (nSPS) is 15.9. The molecule has 2 rings (SSSR count). The number of carboxylic acid groups (broad SMARTS) is 1. The molecule has 0 spiro atoms. The van der Waals surface area contributed by atoms with Crippen LogP contribution in [0, 0.1) is 5.92 Å². The van der Waals surface area contributed by atoms with Gasteiger partial charge in [0.25, 0.3) is 0 Å². The number of anilines is 1. The van der Waals surface area contributed by atoms with Gasteiger partial charge in [-0.15, -0.1) is 0 Å². The number of aromatic nitrogens is 1. The summed E-state index contributed by atoms with van der Waals surface area (Å²) in [6.45, 7) is 3.24. The third-order valence-electron chi connectivity index (χ3n) is 3.43. The Morgan fingerprint density at radius 1 is 1.45 bits per heavy atom. The van der Waals surface area contributed by atoms with Gasteiger partial charge >= 0.3 is 11.9 Å². The van der Waals surface area contributed by atoms with Crippen molar-refractivity contribution in [2.75, 3.05) is 24.6 Å². The number of esters is 1. The molecule has 0 aliphatic carbocycles. The number of carbonyl (C=O) groups excluding carboxylic acids is 1. The van der Waals surface area contributed by atoms with E-state index >= 15 is 0 Å². The maximum absolute atomic E-state index is 11.9. The lowest BCUT2D eigenvalue weighted by Gasteiger charge is -2.31. The molecule has 1 aliphatic heterocycles. The van der Waals surface area contributed by atoms with Crippen molar-refractivity contribution in [1.82, 2.24) is 4.98 Å². The average Bonchev–Trinajstić information content (AvgIpc) is 2.47. The highest BCUT2D eigenvalue weighted by atomic mass is 16.5. The van der Waals surface area contributed by atoms with E-state index < -0.39 is 11.9 Å². The maximum Gasteiger partial charge on any atom is 0.341 e. The largest absolute Gasteiger partial charge is 0.481 e. The van der Waals surface area contributed by atoms with Crippen LogP contribution in [-0.2, 0) is 9.53 Å². The van der Waals surface area contributed by atoms with Crippen LogP contribution in [0.5, 0.6) is 0 Å². The van der Waals surface area contributed by atoms with E-state index in [1.165, 1.54) is 0 Å². The van der Waals surface area contributed by atoms with Crippen molar-refractivity contribution < 1.29 is 19.4 Å². The molecule has 0 aromatic carbocycles. The number of hydrogen-bond donors (Lipinski definition) is 1. The predicted octanol–water partition coefficient (Wildman–Crippen LogP) is 1.56. The number of carboxylic acids is 1. The Morgan fingerprint density at radius 2 is 2.15 bits per heavy atom. The molecule has 2 heterocycles. The first-order chi connectivity index (χ1) is 9.63. The number of carbonyl (C=O) groups is 2. The third kappa shape index (κ3) is 3.07. The Bertz CT molecular complexity index is 496. The van der Waals surface area contributed by atoms with Gasteiger partial charge in [-0.2, -0.15) is 0 Å². The topological polar surface area (TPSA) is 79.7 Å². The molecule has 0 radical (unpaired) electrons. The van der Waals surface area contributed by atoms with Gasteiger partial charge in [0.15, 0.2) is 0 Å². The molecule has 0 bridgehead atoms. The Labute approximate surface area is 117 Å². The van der Waals surface area contributed by atoms with Crippen molar-refractivity contribution in [1.29, 1.82) is 0 Å². The minimum atomic E-state index is -0.753. The zero-order chi connectivity index (χ0) is 14.5. The van der Waals surface area contributed by atoms with E-state index in [0.29, 0.717) is 43.9 Å². The quantitative estimate of drug-likeness (QED) is 0.842. The number of piperidine rings is 1. The van der Waals surface area contributed by atoms with E-state index in [1.807, 2.05) is 4.90 Å². The third-order valence-corrected chi connectivity index (χ3v) is 3.43. The molecule has 1 aromatic heterocycles. The number of rotatable bonds is 4. The number of pyridine rings is 1. The van der Waals surface area contributed by atoms with Crippen LogP contribution in [0.25, 0.3) is 0 Å². The Kier molecular flexibility index (Phi) is 4.55. The Balaban J connectivity index is 2.14. The van der Waals surface area contributed by atoms with E-state index in [2.05, 4.69) is 4.98 Å². The maximum atomic E-state index is 11.9. The van der Waals surface area contributed by atoms with E-state index in [0.717, 1.165) is 0 Å². The summed E-state index contributed by atoms with van der Waals surface area (Å²) in [7, 11) is 0. The number of hydrogen-bond acceptors (Lipinski definition) is 5. The van der Waals surface area contributed by atoms with Crippen molar-refractivity contribution in [3.63, 3.8) is 0 Å². The van der Waals surface area contributed by atoms with Gasteiger partial charge in [0.1, 0.15) is 11.4 Å². The number of aliphatic carboxylic acids is 1. The molecule has 6 nitrogen and oxygen atoms in total. The molecule has 20 heavy (non-hydrogen) atoms. The van der Waals surface area contributed by atoms with Crippen molar-refractivity contribution in [3.8, 4) is 0 Å². The molecule has 0 saturated carbocycles.